The summed E-state index contributed by atoms with van der Waals surface area (Å²) < 4.78 is 37.3. The lowest BCUT2D eigenvalue weighted by Crippen LogP contribution is -2.15. The van der Waals surface area contributed by atoms with Crippen molar-refractivity contribution in [3.8, 4) is 34.5 Å². The lowest BCUT2D eigenvalue weighted by atomic mass is 10.1. The van der Waals surface area contributed by atoms with Gasteiger partial charge in [-0.05, 0) is 55.7 Å². The van der Waals surface area contributed by atoms with Crippen molar-refractivity contribution in [2.24, 2.45) is 0 Å². The Labute approximate surface area is 226 Å². The molecular weight excluding hydrogens is 508 g/mol. The molecule has 10 nitrogen and oxygen atoms in total. The Hall–Kier alpha value is -4.73. The van der Waals surface area contributed by atoms with Crippen LogP contribution in [0.5, 0.6) is 34.5 Å². The van der Waals surface area contributed by atoms with E-state index in [1.807, 2.05) is 0 Å². The van der Waals surface area contributed by atoms with Gasteiger partial charge >= 0.3 is 17.9 Å². The molecule has 3 aromatic rings. The normalized spacial score (nSPS) is 10.4. The fourth-order valence-electron chi connectivity index (χ4n) is 4.09. The van der Waals surface area contributed by atoms with Crippen LogP contribution >= 0.6 is 0 Å². The number of aryl methyl sites for hydroxylation is 3. The van der Waals surface area contributed by atoms with Gasteiger partial charge in [0, 0.05) is 18.2 Å². The summed E-state index contributed by atoms with van der Waals surface area (Å²) in [6.45, 7) is 5.06. The van der Waals surface area contributed by atoms with Crippen LogP contribution in [0.2, 0.25) is 0 Å². The van der Waals surface area contributed by atoms with Crippen molar-refractivity contribution >= 4 is 17.9 Å². The average Bonchev–Trinajstić information content (AvgIpc) is 2.90. The molecule has 39 heavy (non-hydrogen) atoms. The van der Waals surface area contributed by atoms with Gasteiger partial charge in [-0.3, -0.25) is 0 Å². The Morgan fingerprint density at radius 2 is 0.795 bits per heavy atom. The van der Waals surface area contributed by atoms with Gasteiger partial charge in [-0.1, -0.05) is 0 Å². The third kappa shape index (κ3) is 6.06. The summed E-state index contributed by atoms with van der Waals surface area (Å²) in [5.74, 6) is -0.481. The third-order valence-electron chi connectivity index (χ3n) is 5.93. The number of carbonyl (C=O) groups is 3. The molecule has 3 aromatic carbocycles. The van der Waals surface area contributed by atoms with Crippen LogP contribution in [-0.2, 0) is 4.74 Å². The Kier molecular flexibility index (Phi) is 9.03. The molecule has 10 heteroatoms. The van der Waals surface area contributed by atoms with Crippen LogP contribution in [0.3, 0.4) is 0 Å². The van der Waals surface area contributed by atoms with Crippen LogP contribution in [0.25, 0.3) is 0 Å². The Morgan fingerprint density at radius 1 is 0.462 bits per heavy atom. The van der Waals surface area contributed by atoms with E-state index >= 15 is 0 Å². The molecule has 0 fully saturated rings. The number of carbonyl (C=O) groups excluding carboxylic acids is 3. The molecule has 0 aliphatic rings. The molecule has 206 valence electrons. The fraction of sp³-hybridized carbons (Fsp3) is 0.276. The van der Waals surface area contributed by atoms with Crippen molar-refractivity contribution in [3.63, 3.8) is 0 Å². The van der Waals surface area contributed by atoms with Crippen LogP contribution in [0.15, 0.2) is 36.4 Å². The maximum atomic E-state index is 13.2. The van der Waals surface area contributed by atoms with Crippen LogP contribution in [0.1, 0.15) is 47.8 Å². The molecule has 0 aromatic heterocycles. The molecule has 0 aliphatic carbocycles. The number of benzene rings is 3. The minimum atomic E-state index is -0.720. The second-order valence-electron chi connectivity index (χ2n) is 8.43. The summed E-state index contributed by atoms with van der Waals surface area (Å²) in [5.41, 5.74) is 2.13. The SMILES string of the molecule is COC(=O)c1c(C)cc(OC(=O)c2c(C)cc(OC(=O)c3c(C)cc(OC)cc3OC)cc2OC)cc1OC. The van der Waals surface area contributed by atoms with Crippen molar-refractivity contribution in [1.82, 2.24) is 0 Å². The standard InChI is InChI=1S/C29H30O10/c1-15-9-18(33-4)12-21(34-5)25(15)28(31)39-20-11-17(3)26(23(14-20)36-7)29(32)38-19-10-16(2)24(27(30)37-8)22(13-19)35-6/h9-14H,1-8H3. The first-order chi connectivity index (χ1) is 18.6. The molecule has 0 unspecified atom stereocenters. The summed E-state index contributed by atoms with van der Waals surface area (Å²) in [4.78, 5) is 38.3. The number of methoxy groups -OCH3 is 5. The second kappa shape index (κ2) is 12.2. The Morgan fingerprint density at radius 3 is 1.13 bits per heavy atom. The highest BCUT2D eigenvalue weighted by Crippen LogP contribution is 2.34. The molecular formula is C29H30O10. The predicted octanol–water partition coefficient (Wildman–Crippen LogP) is 4.87. The zero-order valence-corrected chi connectivity index (χ0v) is 23.0. The summed E-state index contributed by atoms with van der Waals surface area (Å²) in [7, 11) is 7.00. The quantitative estimate of drug-likeness (QED) is 0.276. The highest BCUT2D eigenvalue weighted by Gasteiger charge is 2.24. The smallest absolute Gasteiger partial charge is 0.347 e. The summed E-state index contributed by atoms with van der Waals surface area (Å²) in [6.07, 6.45) is 0. The summed E-state index contributed by atoms with van der Waals surface area (Å²) in [6, 6.07) is 9.16. The fourth-order valence-corrected chi connectivity index (χ4v) is 4.09. The number of hydrogen-bond donors (Lipinski definition) is 0. The lowest BCUT2D eigenvalue weighted by molar-refractivity contribution is 0.0595. The van der Waals surface area contributed by atoms with E-state index in [1.54, 1.807) is 32.9 Å². The van der Waals surface area contributed by atoms with Gasteiger partial charge in [-0.25, -0.2) is 14.4 Å². The highest BCUT2D eigenvalue weighted by atomic mass is 16.5. The monoisotopic (exact) mass is 538 g/mol. The molecule has 0 atom stereocenters. The van der Waals surface area contributed by atoms with E-state index in [1.165, 1.54) is 59.8 Å². The van der Waals surface area contributed by atoms with Gasteiger partial charge in [-0.15, -0.1) is 0 Å². The summed E-state index contributed by atoms with van der Waals surface area (Å²) >= 11 is 0. The molecule has 0 amide bonds. The molecule has 0 bridgehead atoms. The van der Waals surface area contributed by atoms with E-state index in [9.17, 15) is 14.4 Å². The van der Waals surface area contributed by atoms with Gasteiger partial charge in [0.15, 0.2) is 0 Å². The van der Waals surface area contributed by atoms with Crippen molar-refractivity contribution in [2.75, 3.05) is 35.5 Å². The van der Waals surface area contributed by atoms with Gasteiger partial charge in [0.05, 0.1) is 35.5 Å². The van der Waals surface area contributed by atoms with E-state index in [0.29, 0.717) is 28.2 Å². The molecule has 0 N–H and O–H groups in total. The van der Waals surface area contributed by atoms with E-state index in [4.69, 9.17) is 33.2 Å². The van der Waals surface area contributed by atoms with Crippen LogP contribution < -0.4 is 28.4 Å². The number of esters is 3. The predicted molar refractivity (Wildman–Crippen MR) is 141 cm³/mol. The number of rotatable bonds is 9. The average molecular weight is 539 g/mol. The van der Waals surface area contributed by atoms with E-state index in [2.05, 4.69) is 0 Å². The molecule has 0 heterocycles. The maximum Gasteiger partial charge on any atom is 0.347 e. The van der Waals surface area contributed by atoms with Gasteiger partial charge in [0.1, 0.15) is 51.2 Å². The molecule has 0 spiro atoms. The van der Waals surface area contributed by atoms with E-state index in [-0.39, 0.29) is 39.7 Å². The first-order valence-electron chi connectivity index (χ1n) is 11.7. The van der Waals surface area contributed by atoms with Gasteiger partial charge in [0.2, 0.25) is 0 Å². The first-order valence-corrected chi connectivity index (χ1v) is 11.7. The van der Waals surface area contributed by atoms with E-state index in [0.717, 1.165) is 0 Å². The third-order valence-corrected chi connectivity index (χ3v) is 5.93. The largest absolute Gasteiger partial charge is 0.497 e. The topological polar surface area (TPSA) is 116 Å². The molecule has 0 radical (unpaired) electrons. The number of hydrogen-bond acceptors (Lipinski definition) is 10. The Bertz CT molecular complexity index is 1420. The minimum absolute atomic E-state index is 0.129. The molecule has 3 rings (SSSR count). The molecule has 0 saturated heterocycles. The lowest BCUT2D eigenvalue weighted by Gasteiger charge is -2.16. The first kappa shape index (κ1) is 28.8. The van der Waals surface area contributed by atoms with Gasteiger partial charge in [-0.2, -0.15) is 0 Å². The minimum Gasteiger partial charge on any atom is -0.497 e. The van der Waals surface area contributed by atoms with Crippen molar-refractivity contribution in [3.05, 3.63) is 69.8 Å². The van der Waals surface area contributed by atoms with Crippen molar-refractivity contribution < 1.29 is 47.5 Å². The Balaban J connectivity index is 1.91. The van der Waals surface area contributed by atoms with Gasteiger partial charge < -0.3 is 33.2 Å². The highest BCUT2D eigenvalue weighted by molar-refractivity contribution is 5.98. The molecule has 0 saturated carbocycles. The zero-order chi connectivity index (χ0) is 28.9. The van der Waals surface area contributed by atoms with Crippen molar-refractivity contribution in [1.29, 1.82) is 0 Å². The molecule has 0 aliphatic heterocycles. The zero-order valence-electron chi connectivity index (χ0n) is 23.0. The maximum absolute atomic E-state index is 13.2. The van der Waals surface area contributed by atoms with Crippen LogP contribution in [0, 0.1) is 20.8 Å². The van der Waals surface area contributed by atoms with Crippen molar-refractivity contribution in [2.45, 2.75) is 20.8 Å². The van der Waals surface area contributed by atoms with Gasteiger partial charge in [0.25, 0.3) is 0 Å². The second-order valence-corrected chi connectivity index (χ2v) is 8.43. The summed E-state index contributed by atoms with van der Waals surface area (Å²) in [5, 5.41) is 0. The number of ether oxygens (including phenoxy) is 7. The van der Waals surface area contributed by atoms with E-state index < -0.39 is 17.9 Å². The van der Waals surface area contributed by atoms with Crippen LogP contribution in [-0.4, -0.2) is 53.5 Å². The van der Waals surface area contributed by atoms with Crippen LogP contribution in [0.4, 0.5) is 0 Å².